The molecule has 1 saturated heterocycles. The van der Waals surface area contributed by atoms with Crippen molar-refractivity contribution in [3.8, 4) is 0 Å². The molecule has 12 heavy (non-hydrogen) atoms. The van der Waals surface area contributed by atoms with Crippen LogP contribution in [0, 0.1) is 0 Å². The molecule has 1 aliphatic heterocycles. The van der Waals surface area contributed by atoms with Crippen LogP contribution in [0.5, 0.6) is 0 Å². The predicted molar refractivity (Wildman–Crippen MR) is 37.5 cm³/mol. The smallest absolute Gasteiger partial charge is 0.339 e. The molecule has 1 aliphatic rings. The van der Waals surface area contributed by atoms with Gasteiger partial charge in [-0.1, -0.05) is 12.7 Å². The van der Waals surface area contributed by atoms with E-state index < -0.39 is 24.1 Å². The van der Waals surface area contributed by atoms with Gasteiger partial charge in [-0.25, -0.2) is 9.59 Å². The first-order chi connectivity index (χ1) is 5.66. The van der Waals surface area contributed by atoms with Crippen LogP contribution in [0.25, 0.3) is 0 Å². The Bertz CT molecular complexity index is 222. The summed E-state index contributed by atoms with van der Waals surface area (Å²) in [6.45, 7) is 3.41. The Hall–Kier alpha value is -1.36. The number of carboxylic acids is 1. The Morgan fingerprint density at radius 2 is 2.25 bits per heavy atom. The molecule has 0 radical (unpaired) electrons. The Balaban J connectivity index is 2.28. The van der Waals surface area contributed by atoms with E-state index in [1.54, 1.807) is 0 Å². The SMILES string of the molecule is C=CCOC(=O)C1OC1C(=O)O. The summed E-state index contributed by atoms with van der Waals surface area (Å²) in [5.74, 6) is -1.79. The maximum atomic E-state index is 10.8. The first-order valence-corrected chi connectivity index (χ1v) is 3.32. The van der Waals surface area contributed by atoms with Gasteiger partial charge < -0.3 is 14.6 Å². The second-order valence-corrected chi connectivity index (χ2v) is 2.23. The second-order valence-electron chi connectivity index (χ2n) is 2.23. The van der Waals surface area contributed by atoms with E-state index in [4.69, 9.17) is 5.11 Å². The lowest BCUT2D eigenvalue weighted by molar-refractivity contribution is -0.144. The Morgan fingerprint density at radius 1 is 1.58 bits per heavy atom. The quantitative estimate of drug-likeness (QED) is 0.353. The molecule has 1 rings (SSSR count). The minimum absolute atomic E-state index is 0.0744. The average molecular weight is 172 g/mol. The number of ether oxygens (including phenoxy) is 2. The number of esters is 1. The minimum atomic E-state index is -1.14. The van der Waals surface area contributed by atoms with Gasteiger partial charge in [0.15, 0.2) is 12.2 Å². The molecule has 0 aliphatic carbocycles. The van der Waals surface area contributed by atoms with Gasteiger partial charge in [0.1, 0.15) is 6.61 Å². The molecule has 0 saturated carbocycles. The second kappa shape index (κ2) is 3.36. The first-order valence-electron chi connectivity index (χ1n) is 3.32. The number of hydrogen-bond acceptors (Lipinski definition) is 4. The van der Waals surface area contributed by atoms with Crippen LogP contribution >= 0.6 is 0 Å². The Labute approximate surface area is 68.6 Å². The van der Waals surface area contributed by atoms with Crippen LogP contribution in [0.15, 0.2) is 12.7 Å². The van der Waals surface area contributed by atoms with Gasteiger partial charge in [-0.2, -0.15) is 0 Å². The number of hydrogen-bond donors (Lipinski definition) is 1. The van der Waals surface area contributed by atoms with Gasteiger partial charge in [0, 0.05) is 0 Å². The third-order valence-corrected chi connectivity index (χ3v) is 1.31. The fraction of sp³-hybridized carbons (Fsp3) is 0.429. The van der Waals surface area contributed by atoms with Gasteiger partial charge in [0.25, 0.3) is 0 Å². The van der Waals surface area contributed by atoms with Crippen molar-refractivity contribution in [1.29, 1.82) is 0 Å². The van der Waals surface area contributed by atoms with E-state index in [1.165, 1.54) is 6.08 Å². The van der Waals surface area contributed by atoms with Crippen LogP contribution in [0.2, 0.25) is 0 Å². The molecule has 0 amide bonds. The highest BCUT2D eigenvalue weighted by atomic mass is 16.7. The normalized spacial score (nSPS) is 26.0. The molecule has 0 aromatic heterocycles. The van der Waals surface area contributed by atoms with Crippen LogP contribution < -0.4 is 0 Å². The van der Waals surface area contributed by atoms with E-state index in [-0.39, 0.29) is 6.61 Å². The average Bonchev–Trinajstić information content (AvgIpc) is 2.78. The maximum Gasteiger partial charge on any atom is 0.339 e. The van der Waals surface area contributed by atoms with Gasteiger partial charge in [-0.05, 0) is 0 Å². The summed E-state index contributed by atoms with van der Waals surface area (Å²) in [7, 11) is 0. The molecule has 1 heterocycles. The number of epoxide rings is 1. The van der Waals surface area contributed by atoms with E-state index in [1.807, 2.05) is 0 Å². The summed E-state index contributed by atoms with van der Waals surface area (Å²) in [6, 6.07) is 0. The summed E-state index contributed by atoms with van der Waals surface area (Å²) in [4.78, 5) is 21.0. The van der Waals surface area contributed by atoms with Crippen molar-refractivity contribution >= 4 is 11.9 Å². The fourth-order valence-corrected chi connectivity index (χ4v) is 0.703. The molecular formula is C7H8O5. The molecule has 5 nitrogen and oxygen atoms in total. The molecule has 0 aromatic carbocycles. The number of carboxylic acid groups (broad SMARTS) is 1. The molecular weight excluding hydrogens is 164 g/mol. The van der Waals surface area contributed by atoms with Crippen molar-refractivity contribution in [2.75, 3.05) is 6.61 Å². The first kappa shape index (κ1) is 8.73. The maximum absolute atomic E-state index is 10.8. The van der Waals surface area contributed by atoms with Crippen LogP contribution in [0.3, 0.4) is 0 Å². The van der Waals surface area contributed by atoms with Crippen molar-refractivity contribution in [3.05, 3.63) is 12.7 Å². The third-order valence-electron chi connectivity index (χ3n) is 1.31. The zero-order chi connectivity index (χ0) is 9.14. The summed E-state index contributed by atoms with van der Waals surface area (Å²) in [6.07, 6.45) is -0.555. The lowest BCUT2D eigenvalue weighted by atomic mass is 10.3. The van der Waals surface area contributed by atoms with Crippen molar-refractivity contribution < 1.29 is 24.2 Å². The fourth-order valence-electron chi connectivity index (χ4n) is 0.703. The summed E-state index contributed by atoms with van der Waals surface area (Å²) in [5, 5.41) is 8.35. The number of carbonyl (C=O) groups excluding carboxylic acids is 1. The number of aliphatic carboxylic acids is 1. The highest BCUT2D eigenvalue weighted by molar-refractivity contribution is 5.88. The van der Waals surface area contributed by atoms with Gasteiger partial charge in [0.2, 0.25) is 0 Å². The van der Waals surface area contributed by atoms with Gasteiger partial charge >= 0.3 is 11.9 Å². The van der Waals surface area contributed by atoms with Gasteiger partial charge in [-0.15, -0.1) is 0 Å². The molecule has 5 heteroatoms. The van der Waals surface area contributed by atoms with Gasteiger partial charge in [-0.3, -0.25) is 0 Å². The zero-order valence-corrected chi connectivity index (χ0v) is 6.23. The van der Waals surface area contributed by atoms with Crippen LogP contribution in [-0.4, -0.2) is 35.9 Å². The molecule has 0 spiro atoms. The largest absolute Gasteiger partial charge is 0.479 e. The van der Waals surface area contributed by atoms with Crippen molar-refractivity contribution in [2.24, 2.45) is 0 Å². The Kier molecular flexibility index (Phi) is 2.44. The Morgan fingerprint density at radius 3 is 2.67 bits per heavy atom. The molecule has 1 fully saturated rings. The molecule has 2 atom stereocenters. The molecule has 1 N–H and O–H groups in total. The lowest BCUT2D eigenvalue weighted by Gasteiger charge is -1.95. The topological polar surface area (TPSA) is 76.1 Å². The lowest BCUT2D eigenvalue weighted by Crippen LogP contribution is -2.18. The monoisotopic (exact) mass is 172 g/mol. The van der Waals surface area contributed by atoms with E-state index in [0.717, 1.165) is 0 Å². The third kappa shape index (κ3) is 1.82. The van der Waals surface area contributed by atoms with Crippen molar-refractivity contribution in [1.82, 2.24) is 0 Å². The highest BCUT2D eigenvalue weighted by Gasteiger charge is 2.51. The highest BCUT2D eigenvalue weighted by Crippen LogP contribution is 2.23. The molecule has 0 bridgehead atoms. The molecule has 0 aromatic rings. The van der Waals surface area contributed by atoms with Crippen LogP contribution in [0.1, 0.15) is 0 Å². The summed E-state index contributed by atoms with van der Waals surface area (Å²) < 4.78 is 9.08. The van der Waals surface area contributed by atoms with Crippen LogP contribution in [-0.2, 0) is 19.1 Å². The van der Waals surface area contributed by atoms with E-state index in [9.17, 15) is 9.59 Å². The summed E-state index contributed by atoms with van der Waals surface area (Å²) >= 11 is 0. The van der Waals surface area contributed by atoms with Crippen LogP contribution in [0.4, 0.5) is 0 Å². The minimum Gasteiger partial charge on any atom is -0.479 e. The molecule has 2 unspecified atom stereocenters. The summed E-state index contributed by atoms with van der Waals surface area (Å²) in [5.41, 5.74) is 0. The van der Waals surface area contributed by atoms with E-state index >= 15 is 0 Å². The standard InChI is InChI=1S/C7H8O5/c1-2-3-11-7(10)5-4(12-5)6(8)9/h2,4-5H,1,3H2,(H,8,9). The number of rotatable bonds is 4. The van der Waals surface area contributed by atoms with E-state index in [0.29, 0.717) is 0 Å². The number of carbonyl (C=O) groups is 2. The predicted octanol–water partition coefficient (Wildman–Crippen LogP) is -0.432. The molecule has 66 valence electrons. The zero-order valence-electron chi connectivity index (χ0n) is 6.23. The van der Waals surface area contributed by atoms with Gasteiger partial charge in [0.05, 0.1) is 0 Å². The van der Waals surface area contributed by atoms with Crippen molar-refractivity contribution in [2.45, 2.75) is 12.2 Å². The van der Waals surface area contributed by atoms with E-state index in [2.05, 4.69) is 16.1 Å². The van der Waals surface area contributed by atoms with Crippen molar-refractivity contribution in [3.63, 3.8) is 0 Å².